The third-order valence-electron chi connectivity index (χ3n) is 6.61. The number of hydrogen-bond acceptors (Lipinski definition) is 9. The van der Waals surface area contributed by atoms with Gasteiger partial charge in [0.15, 0.2) is 10.9 Å². The van der Waals surface area contributed by atoms with Crippen molar-refractivity contribution >= 4 is 44.0 Å². The second kappa shape index (κ2) is 11.6. The number of nitro benzene ring substituents is 1. The summed E-state index contributed by atoms with van der Waals surface area (Å²) in [6.07, 6.45) is 0.590. The van der Waals surface area contributed by atoms with E-state index < -0.39 is 22.5 Å². The van der Waals surface area contributed by atoms with Crippen LogP contribution in [0.1, 0.15) is 16.8 Å². The first-order valence-corrected chi connectivity index (χ1v) is 13.2. The number of morpholine rings is 2. The summed E-state index contributed by atoms with van der Waals surface area (Å²) >= 11 is 1.00. The standard InChI is InChI=1S/C25H27F2N5O5S/c26-18-15-19(27)23-22(16-18)38-25(28-23)31(5-1-4-29-6-10-36-11-7-29)24(33)17-2-3-20(21(14-17)32(34)35)30-8-12-37-13-9-30/h2-3,14-16H,1,4-13H2. The van der Waals surface area contributed by atoms with Crippen molar-refractivity contribution in [1.82, 2.24) is 9.88 Å². The van der Waals surface area contributed by atoms with E-state index in [9.17, 15) is 23.7 Å². The molecule has 2 aromatic carbocycles. The fourth-order valence-electron chi connectivity index (χ4n) is 4.65. The minimum Gasteiger partial charge on any atom is -0.379 e. The van der Waals surface area contributed by atoms with Crippen LogP contribution in [0.15, 0.2) is 30.3 Å². The molecule has 0 N–H and O–H groups in total. The van der Waals surface area contributed by atoms with Crippen molar-refractivity contribution in [1.29, 1.82) is 0 Å². The summed E-state index contributed by atoms with van der Waals surface area (Å²) in [5.74, 6) is -2.04. The number of amides is 1. The van der Waals surface area contributed by atoms with Crippen LogP contribution in [0.2, 0.25) is 0 Å². The SMILES string of the molecule is O=C(c1ccc(N2CCOCC2)c([N+](=O)[O-])c1)N(CCCN1CCOCC1)c1nc2c(F)cc(F)cc2s1. The van der Waals surface area contributed by atoms with E-state index in [2.05, 4.69) is 9.88 Å². The van der Waals surface area contributed by atoms with E-state index in [1.807, 2.05) is 4.90 Å². The molecule has 0 radical (unpaired) electrons. The molecule has 0 aliphatic carbocycles. The summed E-state index contributed by atoms with van der Waals surface area (Å²) in [4.78, 5) is 35.0. The van der Waals surface area contributed by atoms with Gasteiger partial charge < -0.3 is 14.4 Å². The maximum absolute atomic E-state index is 14.4. The molecular formula is C25H27F2N5O5S. The Morgan fingerprint density at radius 2 is 1.79 bits per heavy atom. The molecule has 10 nitrogen and oxygen atoms in total. The molecule has 3 heterocycles. The van der Waals surface area contributed by atoms with Crippen LogP contribution in [0.5, 0.6) is 0 Å². The van der Waals surface area contributed by atoms with Gasteiger partial charge in [-0.2, -0.15) is 0 Å². The van der Waals surface area contributed by atoms with Gasteiger partial charge in [-0.05, 0) is 24.6 Å². The first-order valence-electron chi connectivity index (χ1n) is 12.4. The minimum atomic E-state index is -0.811. The van der Waals surface area contributed by atoms with E-state index in [-0.39, 0.29) is 33.1 Å². The molecule has 0 spiro atoms. The Labute approximate surface area is 221 Å². The number of aromatic nitrogens is 1. The average molecular weight is 548 g/mol. The number of benzene rings is 2. The van der Waals surface area contributed by atoms with Gasteiger partial charge in [-0.1, -0.05) is 11.3 Å². The predicted octanol–water partition coefficient (Wildman–Crippen LogP) is 3.69. The Hall–Kier alpha value is -3.26. The highest BCUT2D eigenvalue weighted by Crippen LogP contribution is 2.34. The topological polar surface area (TPSA) is 101 Å². The second-order valence-corrected chi connectivity index (χ2v) is 10.1. The predicted molar refractivity (Wildman–Crippen MR) is 139 cm³/mol. The number of ether oxygens (including phenoxy) is 2. The lowest BCUT2D eigenvalue weighted by Gasteiger charge is -2.29. The van der Waals surface area contributed by atoms with E-state index in [1.165, 1.54) is 17.0 Å². The summed E-state index contributed by atoms with van der Waals surface area (Å²) in [6, 6.07) is 6.34. The highest BCUT2D eigenvalue weighted by atomic mass is 32.1. The summed E-state index contributed by atoms with van der Waals surface area (Å²) < 4.78 is 39.2. The summed E-state index contributed by atoms with van der Waals surface area (Å²) in [6.45, 7) is 5.76. The van der Waals surface area contributed by atoms with Crippen molar-refractivity contribution in [2.45, 2.75) is 6.42 Å². The van der Waals surface area contributed by atoms with Crippen molar-refractivity contribution in [3.63, 3.8) is 0 Å². The van der Waals surface area contributed by atoms with E-state index in [0.29, 0.717) is 58.2 Å². The van der Waals surface area contributed by atoms with Crippen molar-refractivity contribution in [2.24, 2.45) is 0 Å². The largest absolute Gasteiger partial charge is 0.379 e. The van der Waals surface area contributed by atoms with Gasteiger partial charge in [0.2, 0.25) is 0 Å². The number of nitrogens with zero attached hydrogens (tertiary/aromatic N) is 5. The lowest BCUT2D eigenvalue weighted by atomic mass is 10.1. The van der Waals surface area contributed by atoms with Crippen LogP contribution in [0.4, 0.5) is 25.3 Å². The van der Waals surface area contributed by atoms with Crippen molar-refractivity contribution in [3.05, 3.63) is 57.6 Å². The molecule has 2 saturated heterocycles. The molecule has 0 saturated carbocycles. The van der Waals surface area contributed by atoms with Crippen molar-refractivity contribution in [3.8, 4) is 0 Å². The molecule has 202 valence electrons. The molecule has 13 heteroatoms. The number of fused-ring (bicyclic) bond motifs is 1. The molecular weight excluding hydrogens is 520 g/mol. The van der Waals surface area contributed by atoms with Crippen LogP contribution in [0, 0.1) is 21.7 Å². The van der Waals surface area contributed by atoms with Crippen LogP contribution >= 0.6 is 11.3 Å². The summed E-state index contributed by atoms with van der Waals surface area (Å²) in [5.41, 5.74) is 0.340. The first kappa shape index (κ1) is 26.4. The zero-order chi connectivity index (χ0) is 26.6. The molecule has 0 unspecified atom stereocenters. The molecule has 2 aliphatic rings. The molecule has 1 aromatic heterocycles. The monoisotopic (exact) mass is 547 g/mol. The number of nitro groups is 1. The fraction of sp³-hybridized carbons (Fsp3) is 0.440. The number of rotatable bonds is 8. The average Bonchev–Trinajstić information content (AvgIpc) is 3.35. The third-order valence-corrected chi connectivity index (χ3v) is 7.63. The Kier molecular flexibility index (Phi) is 8.07. The third kappa shape index (κ3) is 5.75. The van der Waals surface area contributed by atoms with E-state index in [4.69, 9.17) is 9.47 Å². The quantitative estimate of drug-likeness (QED) is 0.311. The van der Waals surface area contributed by atoms with Gasteiger partial charge in [0, 0.05) is 57.0 Å². The zero-order valence-electron chi connectivity index (χ0n) is 20.6. The Bertz CT molecular complexity index is 1330. The van der Waals surface area contributed by atoms with Crippen molar-refractivity contribution in [2.75, 3.05) is 75.5 Å². The molecule has 3 aromatic rings. The Morgan fingerprint density at radius 1 is 1.08 bits per heavy atom. The van der Waals surface area contributed by atoms with Crippen LogP contribution in [-0.2, 0) is 9.47 Å². The maximum Gasteiger partial charge on any atom is 0.293 e. The maximum atomic E-state index is 14.4. The summed E-state index contributed by atoms with van der Waals surface area (Å²) in [7, 11) is 0. The lowest BCUT2D eigenvalue weighted by Crippen LogP contribution is -2.39. The van der Waals surface area contributed by atoms with Gasteiger partial charge in [0.05, 0.1) is 36.1 Å². The molecule has 2 fully saturated rings. The van der Waals surface area contributed by atoms with E-state index >= 15 is 0 Å². The number of carbonyl (C=O) groups excluding carboxylic acids is 1. The number of carbonyl (C=O) groups is 1. The number of thiazole rings is 1. The van der Waals surface area contributed by atoms with Crippen LogP contribution < -0.4 is 9.80 Å². The fourth-order valence-corrected chi connectivity index (χ4v) is 5.68. The molecule has 0 bridgehead atoms. The number of hydrogen-bond donors (Lipinski definition) is 0. The molecule has 1 amide bonds. The molecule has 2 aliphatic heterocycles. The van der Waals surface area contributed by atoms with Gasteiger partial charge in [-0.25, -0.2) is 13.8 Å². The number of halogens is 2. The molecule has 0 atom stereocenters. The van der Waals surface area contributed by atoms with Crippen LogP contribution in [-0.4, -0.2) is 86.4 Å². The van der Waals surface area contributed by atoms with Gasteiger partial charge in [-0.3, -0.25) is 24.7 Å². The first-order chi connectivity index (χ1) is 18.4. The summed E-state index contributed by atoms with van der Waals surface area (Å²) in [5, 5.41) is 12.1. The van der Waals surface area contributed by atoms with Crippen LogP contribution in [0.3, 0.4) is 0 Å². The number of anilines is 2. The highest BCUT2D eigenvalue weighted by molar-refractivity contribution is 7.22. The lowest BCUT2D eigenvalue weighted by molar-refractivity contribution is -0.384. The van der Waals surface area contributed by atoms with E-state index in [0.717, 1.165) is 30.5 Å². The highest BCUT2D eigenvalue weighted by Gasteiger charge is 2.27. The minimum absolute atomic E-state index is 0.0222. The van der Waals surface area contributed by atoms with E-state index in [1.54, 1.807) is 12.1 Å². The van der Waals surface area contributed by atoms with Gasteiger partial charge in [0.1, 0.15) is 17.0 Å². The Balaban J connectivity index is 1.45. The van der Waals surface area contributed by atoms with Crippen LogP contribution in [0.25, 0.3) is 10.2 Å². The smallest absolute Gasteiger partial charge is 0.293 e. The Morgan fingerprint density at radius 3 is 2.50 bits per heavy atom. The second-order valence-electron chi connectivity index (χ2n) is 9.06. The van der Waals surface area contributed by atoms with Crippen molar-refractivity contribution < 1.29 is 28.0 Å². The normalized spacial score (nSPS) is 16.6. The van der Waals surface area contributed by atoms with Gasteiger partial charge in [0.25, 0.3) is 11.6 Å². The molecule has 38 heavy (non-hydrogen) atoms. The van der Waals surface area contributed by atoms with Gasteiger partial charge in [-0.15, -0.1) is 0 Å². The van der Waals surface area contributed by atoms with Gasteiger partial charge >= 0.3 is 0 Å². The zero-order valence-corrected chi connectivity index (χ0v) is 21.4. The molecule has 5 rings (SSSR count).